The van der Waals surface area contributed by atoms with Gasteiger partial charge in [-0.1, -0.05) is 61.4 Å². The van der Waals surface area contributed by atoms with Crippen molar-refractivity contribution >= 4 is 17.7 Å². The molecule has 1 atom stereocenters. The van der Waals surface area contributed by atoms with Crippen LogP contribution in [-0.2, 0) is 16.0 Å². The van der Waals surface area contributed by atoms with Crippen LogP contribution in [0, 0.1) is 5.82 Å². The van der Waals surface area contributed by atoms with E-state index < -0.39 is 29.6 Å². The van der Waals surface area contributed by atoms with Crippen LogP contribution in [0.4, 0.5) is 4.39 Å². The molecule has 3 aromatic rings. The molecule has 36 heavy (non-hydrogen) atoms. The average Bonchev–Trinajstić information content (AvgIpc) is 3.61. The molecule has 0 spiro atoms. The van der Waals surface area contributed by atoms with E-state index in [1.54, 1.807) is 18.2 Å². The predicted molar refractivity (Wildman–Crippen MR) is 132 cm³/mol. The van der Waals surface area contributed by atoms with E-state index in [1.165, 1.54) is 29.4 Å². The third-order valence-corrected chi connectivity index (χ3v) is 6.41. The van der Waals surface area contributed by atoms with E-state index in [0.717, 1.165) is 31.2 Å². The van der Waals surface area contributed by atoms with Gasteiger partial charge in [-0.3, -0.25) is 14.4 Å². The van der Waals surface area contributed by atoms with Crippen LogP contribution in [0.15, 0.2) is 77.4 Å². The van der Waals surface area contributed by atoms with Crippen LogP contribution in [0.5, 0.6) is 0 Å². The fourth-order valence-electron chi connectivity index (χ4n) is 4.54. The first-order chi connectivity index (χ1) is 17.5. The van der Waals surface area contributed by atoms with Crippen molar-refractivity contribution in [3.8, 4) is 0 Å². The van der Waals surface area contributed by atoms with Gasteiger partial charge in [-0.2, -0.15) is 0 Å². The number of rotatable bonds is 10. The smallest absolute Gasteiger partial charge is 0.287 e. The number of hydrogen-bond donors (Lipinski definition) is 2. The number of carbonyl (C=O) groups is 3. The highest BCUT2D eigenvalue weighted by molar-refractivity contribution is 5.95. The quantitative estimate of drug-likeness (QED) is 0.448. The molecule has 0 unspecified atom stereocenters. The highest BCUT2D eigenvalue weighted by atomic mass is 19.1. The van der Waals surface area contributed by atoms with Gasteiger partial charge in [-0.05, 0) is 43.0 Å². The van der Waals surface area contributed by atoms with Crippen LogP contribution in [0.2, 0.25) is 0 Å². The molecule has 0 saturated heterocycles. The molecule has 3 amide bonds. The zero-order valence-corrected chi connectivity index (χ0v) is 20.0. The minimum absolute atomic E-state index is 0.00324. The summed E-state index contributed by atoms with van der Waals surface area (Å²) >= 11 is 0. The summed E-state index contributed by atoms with van der Waals surface area (Å²) in [7, 11) is 0. The number of benzene rings is 2. The molecule has 2 N–H and O–H groups in total. The zero-order chi connectivity index (χ0) is 25.3. The molecule has 8 heteroatoms. The summed E-state index contributed by atoms with van der Waals surface area (Å²) in [6, 6.07) is 17.4. The minimum atomic E-state index is -1.18. The van der Waals surface area contributed by atoms with Gasteiger partial charge in [-0.15, -0.1) is 0 Å². The number of furan rings is 1. The molecule has 1 heterocycles. The number of nitrogens with one attached hydrogen (secondary N) is 2. The van der Waals surface area contributed by atoms with Crippen molar-refractivity contribution in [1.82, 2.24) is 15.5 Å². The molecule has 1 aliphatic rings. The molecule has 4 rings (SSSR count). The lowest BCUT2D eigenvalue weighted by Gasteiger charge is -2.32. The van der Waals surface area contributed by atoms with Crippen molar-refractivity contribution < 1.29 is 23.2 Å². The van der Waals surface area contributed by atoms with Crippen molar-refractivity contribution in [3.05, 3.63) is 95.7 Å². The second-order valence-corrected chi connectivity index (χ2v) is 8.90. The topological polar surface area (TPSA) is 91.7 Å². The first-order valence-electron chi connectivity index (χ1n) is 12.2. The van der Waals surface area contributed by atoms with Gasteiger partial charge in [0, 0.05) is 18.2 Å². The van der Waals surface area contributed by atoms with Crippen molar-refractivity contribution in [2.45, 2.75) is 44.2 Å². The Morgan fingerprint density at radius 2 is 1.69 bits per heavy atom. The van der Waals surface area contributed by atoms with Crippen LogP contribution < -0.4 is 10.6 Å². The summed E-state index contributed by atoms with van der Waals surface area (Å²) in [6.07, 6.45) is 5.57. The van der Waals surface area contributed by atoms with Gasteiger partial charge in [0.1, 0.15) is 11.9 Å². The number of carbonyl (C=O) groups excluding carboxylic acids is 3. The first kappa shape index (κ1) is 25.2. The molecule has 1 aliphatic carbocycles. The SMILES string of the molecule is O=C(NCC(=O)N(CCc1ccccc1)[C@@H](C(=O)NC1CCCC1)c1ccccc1F)c1ccco1. The monoisotopic (exact) mass is 491 g/mol. The van der Waals surface area contributed by atoms with Crippen molar-refractivity contribution in [1.29, 1.82) is 0 Å². The molecule has 0 bridgehead atoms. The average molecular weight is 492 g/mol. The van der Waals surface area contributed by atoms with Gasteiger partial charge in [0.15, 0.2) is 5.76 Å². The van der Waals surface area contributed by atoms with Crippen molar-refractivity contribution in [2.75, 3.05) is 13.1 Å². The Labute approximate surface area is 209 Å². The van der Waals surface area contributed by atoms with Crippen LogP contribution in [-0.4, -0.2) is 41.8 Å². The Balaban J connectivity index is 1.60. The van der Waals surface area contributed by atoms with E-state index in [2.05, 4.69) is 10.6 Å². The van der Waals surface area contributed by atoms with Gasteiger partial charge in [-0.25, -0.2) is 4.39 Å². The van der Waals surface area contributed by atoms with Gasteiger partial charge in [0.05, 0.1) is 12.8 Å². The summed E-state index contributed by atoms with van der Waals surface area (Å²) in [5, 5.41) is 5.57. The third kappa shape index (κ3) is 6.38. The fourth-order valence-corrected chi connectivity index (χ4v) is 4.54. The molecular weight excluding hydrogens is 461 g/mol. The molecule has 1 saturated carbocycles. The van der Waals surface area contributed by atoms with Crippen molar-refractivity contribution in [3.63, 3.8) is 0 Å². The Morgan fingerprint density at radius 1 is 0.972 bits per heavy atom. The lowest BCUT2D eigenvalue weighted by atomic mass is 10.0. The van der Waals surface area contributed by atoms with Crippen LogP contribution in [0.3, 0.4) is 0 Å². The number of nitrogens with zero attached hydrogens (tertiary/aromatic N) is 1. The van der Waals surface area contributed by atoms with E-state index in [-0.39, 0.29) is 30.5 Å². The summed E-state index contributed by atoms with van der Waals surface area (Å²) < 4.78 is 20.1. The van der Waals surface area contributed by atoms with E-state index in [1.807, 2.05) is 30.3 Å². The Kier molecular flexibility index (Phi) is 8.49. The summed E-state index contributed by atoms with van der Waals surface area (Å²) in [5.41, 5.74) is 1.09. The number of hydrogen-bond acceptors (Lipinski definition) is 4. The Morgan fingerprint density at radius 3 is 2.39 bits per heavy atom. The highest BCUT2D eigenvalue weighted by Gasteiger charge is 2.34. The molecule has 188 valence electrons. The van der Waals surface area contributed by atoms with Crippen LogP contribution in [0.25, 0.3) is 0 Å². The van der Waals surface area contributed by atoms with E-state index in [9.17, 15) is 14.4 Å². The maximum absolute atomic E-state index is 15.0. The van der Waals surface area contributed by atoms with Crippen molar-refractivity contribution in [2.24, 2.45) is 0 Å². The molecule has 0 radical (unpaired) electrons. The van der Waals surface area contributed by atoms with E-state index in [4.69, 9.17) is 4.42 Å². The van der Waals surface area contributed by atoms with Gasteiger partial charge in [0.2, 0.25) is 11.8 Å². The normalized spacial score (nSPS) is 14.2. The molecule has 2 aromatic carbocycles. The summed E-state index contributed by atoms with van der Waals surface area (Å²) in [6.45, 7) is -0.202. The number of amides is 3. The van der Waals surface area contributed by atoms with Crippen LogP contribution in [0.1, 0.15) is 53.4 Å². The Bertz CT molecular complexity index is 1160. The third-order valence-electron chi connectivity index (χ3n) is 6.41. The summed E-state index contributed by atoms with van der Waals surface area (Å²) in [4.78, 5) is 40.8. The first-order valence-corrected chi connectivity index (χ1v) is 12.2. The predicted octanol–water partition coefficient (Wildman–Crippen LogP) is 4.02. The minimum Gasteiger partial charge on any atom is -0.459 e. The number of halogens is 1. The lowest BCUT2D eigenvalue weighted by molar-refractivity contribution is -0.140. The van der Waals surface area contributed by atoms with E-state index in [0.29, 0.717) is 6.42 Å². The molecule has 1 fully saturated rings. The molecule has 0 aliphatic heterocycles. The second-order valence-electron chi connectivity index (χ2n) is 8.90. The van der Waals surface area contributed by atoms with Crippen LogP contribution >= 0.6 is 0 Å². The zero-order valence-electron chi connectivity index (χ0n) is 20.0. The molecular formula is C28H30FN3O4. The largest absolute Gasteiger partial charge is 0.459 e. The lowest BCUT2D eigenvalue weighted by Crippen LogP contribution is -2.49. The van der Waals surface area contributed by atoms with E-state index >= 15 is 4.39 Å². The maximum Gasteiger partial charge on any atom is 0.287 e. The second kappa shape index (κ2) is 12.2. The highest BCUT2D eigenvalue weighted by Crippen LogP contribution is 2.26. The maximum atomic E-state index is 15.0. The van der Waals surface area contributed by atoms with Gasteiger partial charge < -0.3 is 20.0 Å². The van der Waals surface area contributed by atoms with Gasteiger partial charge >= 0.3 is 0 Å². The Hall–Kier alpha value is -3.94. The summed E-state index contributed by atoms with van der Waals surface area (Å²) in [5.74, 6) is -1.97. The fraction of sp³-hybridized carbons (Fsp3) is 0.321. The molecule has 1 aromatic heterocycles. The van der Waals surface area contributed by atoms with Gasteiger partial charge in [0.25, 0.3) is 5.91 Å². The standard InChI is InChI=1S/C28H30FN3O4/c29-23-14-7-6-13-22(23)26(28(35)31-21-11-4-5-12-21)32(17-16-20-9-2-1-3-10-20)25(33)19-30-27(34)24-15-8-18-36-24/h1-3,6-10,13-15,18,21,26H,4-5,11-12,16-17,19H2,(H,30,34)(H,31,35)/t26-/m1/s1. The molecule has 7 nitrogen and oxygen atoms in total.